The van der Waals surface area contributed by atoms with Crippen LogP contribution in [0.2, 0.25) is 0 Å². The van der Waals surface area contributed by atoms with Gasteiger partial charge in [-0.15, -0.1) is 12.4 Å². The summed E-state index contributed by atoms with van der Waals surface area (Å²) in [7, 11) is 1.87. The van der Waals surface area contributed by atoms with Gasteiger partial charge in [-0.25, -0.2) is 0 Å². The molecule has 0 bridgehead atoms. The van der Waals surface area contributed by atoms with E-state index >= 15 is 0 Å². The van der Waals surface area contributed by atoms with E-state index in [9.17, 15) is 4.79 Å². The van der Waals surface area contributed by atoms with Crippen molar-refractivity contribution in [2.45, 2.75) is 19.8 Å². The highest BCUT2D eigenvalue weighted by Crippen LogP contribution is 2.10. The summed E-state index contributed by atoms with van der Waals surface area (Å²) >= 11 is 0. The highest BCUT2D eigenvalue weighted by atomic mass is 35.5. The third-order valence-electron chi connectivity index (χ3n) is 2.47. The smallest absolute Gasteiger partial charge is 0.219 e. The van der Waals surface area contributed by atoms with E-state index in [1.807, 2.05) is 7.05 Å². The third-order valence-corrected chi connectivity index (χ3v) is 2.47. The van der Waals surface area contributed by atoms with Crippen molar-refractivity contribution in [1.82, 2.24) is 10.2 Å². The lowest BCUT2D eigenvalue weighted by Crippen LogP contribution is -2.38. The molecule has 1 atom stereocenters. The molecule has 3 nitrogen and oxygen atoms in total. The highest BCUT2D eigenvalue weighted by molar-refractivity contribution is 5.85. The lowest BCUT2D eigenvalue weighted by atomic mass is 9.99. The highest BCUT2D eigenvalue weighted by Gasteiger charge is 2.15. The van der Waals surface area contributed by atoms with Crippen LogP contribution < -0.4 is 5.32 Å². The molecule has 1 unspecified atom stereocenters. The van der Waals surface area contributed by atoms with Crippen LogP contribution in [-0.4, -0.2) is 37.5 Å². The van der Waals surface area contributed by atoms with Gasteiger partial charge in [0.05, 0.1) is 0 Å². The molecular weight excluding hydrogens is 188 g/mol. The second kappa shape index (κ2) is 6.22. The lowest BCUT2D eigenvalue weighted by molar-refractivity contribution is -0.128. The van der Waals surface area contributed by atoms with Crippen molar-refractivity contribution in [1.29, 1.82) is 0 Å². The fourth-order valence-electron chi connectivity index (χ4n) is 1.60. The molecule has 1 aliphatic heterocycles. The molecule has 1 fully saturated rings. The van der Waals surface area contributed by atoms with Gasteiger partial charge in [0.1, 0.15) is 0 Å². The third kappa shape index (κ3) is 4.48. The fourth-order valence-corrected chi connectivity index (χ4v) is 1.60. The summed E-state index contributed by atoms with van der Waals surface area (Å²) < 4.78 is 0. The van der Waals surface area contributed by atoms with Crippen LogP contribution >= 0.6 is 12.4 Å². The molecule has 0 spiro atoms. The first-order valence-corrected chi connectivity index (χ1v) is 4.62. The van der Waals surface area contributed by atoms with Crippen molar-refractivity contribution >= 4 is 18.3 Å². The van der Waals surface area contributed by atoms with Crippen LogP contribution in [0.15, 0.2) is 0 Å². The Balaban J connectivity index is 0.00000144. The van der Waals surface area contributed by atoms with Crippen LogP contribution in [0.25, 0.3) is 0 Å². The Kier molecular flexibility index (Phi) is 6.08. The van der Waals surface area contributed by atoms with Crippen LogP contribution in [0, 0.1) is 5.92 Å². The van der Waals surface area contributed by atoms with Gasteiger partial charge in [-0.05, 0) is 31.8 Å². The largest absolute Gasteiger partial charge is 0.346 e. The second-order valence-corrected chi connectivity index (χ2v) is 3.61. The van der Waals surface area contributed by atoms with Gasteiger partial charge in [0.2, 0.25) is 5.91 Å². The van der Waals surface area contributed by atoms with Gasteiger partial charge in [-0.2, -0.15) is 0 Å². The number of amides is 1. The number of nitrogens with zero attached hydrogens (tertiary/aromatic N) is 1. The molecule has 1 amide bonds. The van der Waals surface area contributed by atoms with Gasteiger partial charge in [0.25, 0.3) is 0 Å². The number of rotatable bonds is 2. The number of nitrogens with one attached hydrogen (secondary N) is 1. The van der Waals surface area contributed by atoms with Crippen LogP contribution in [0.5, 0.6) is 0 Å². The summed E-state index contributed by atoms with van der Waals surface area (Å²) in [5, 5.41) is 3.34. The molecule has 1 aliphatic rings. The first-order valence-electron chi connectivity index (χ1n) is 4.62. The van der Waals surface area contributed by atoms with Gasteiger partial charge in [-0.1, -0.05) is 0 Å². The Bertz CT molecular complexity index is 158. The monoisotopic (exact) mass is 206 g/mol. The van der Waals surface area contributed by atoms with Crippen LogP contribution in [0.3, 0.4) is 0 Å². The van der Waals surface area contributed by atoms with Crippen molar-refractivity contribution < 1.29 is 4.79 Å². The van der Waals surface area contributed by atoms with Crippen LogP contribution in [-0.2, 0) is 4.79 Å². The molecule has 0 saturated carbocycles. The topological polar surface area (TPSA) is 32.3 Å². The molecule has 1 heterocycles. The molecule has 0 aromatic rings. The zero-order valence-electron chi connectivity index (χ0n) is 8.38. The molecule has 0 aliphatic carbocycles. The van der Waals surface area contributed by atoms with Crippen molar-refractivity contribution in [3.63, 3.8) is 0 Å². The van der Waals surface area contributed by atoms with E-state index in [2.05, 4.69) is 5.32 Å². The van der Waals surface area contributed by atoms with Gasteiger partial charge in [0, 0.05) is 20.5 Å². The summed E-state index contributed by atoms with van der Waals surface area (Å²) in [5.41, 5.74) is 0. The second-order valence-electron chi connectivity index (χ2n) is 3.61. The molecule has 13 heavy (non-hydrogen) atoms. The zero-order valence-corrected chi connectivity index (χ0v) is 9.19. The minimum absolute atomic E-state index is 0. The predicted molar refractivity (Wildman–Crippen MR) is 56.2 cm³/mol. The number of piperidine rings is 1. The van der Waals surface area contributed by atoms with Crippen LogP contribution in [0.1, 0.15) is 19.8 Å². The first-order chi connectivity index (χ1) is 5.70. The summed E-state index contributed by atoms with van der Waals surface area (Å²) in [6.07, 6.45) is 2.50. The average Bonchev–Trinajstić information content (AvgIpc) is 2.06. The Hall–Kier alpha value is -0.280. The van der Waals surface area contributed by atoms with Crippen molar-refractivity contribution in [2.75, 3.05) is 26.7 Å². The maximum absolute atomic E-state index is 10.9. The number of carbonyl (C=O) groups excluding carboxylic acids is 1. The minimum atomic E-state index is 0. The van der Waals surface area contributed by atoms with Crippen molar-refractivity contribution in [3.05, 3.63) is 0 Å². The predicted octanol–water partition coefficient (Wildman–Crippen LogP) is 0.886. The standard InChI is InChI=1S/C9H18N2O.ClH/c1-8(12)11(2)7-9-4-3-5-10-6-9;/h9-10H,3-7H2,1-2H3;1H. The van der Waals surface area contributed by atoms with Crippen molar-refractivity contribution in [3.8, 4) is 0 Å². The molecule has 0 aromatic carbocycles. The molecule has 1 rings (SSSR count). The van der Waals surface area contributed by atoms with E-state index in [1.54, 1.807) is 11.8 Å². The molecule has 1 saturated heterocycles. The SMILES string of the molecule is CC(=O)N(C)CC1CCCNC1.Cl. The molecular formula is C9H19ClN2O. The van der Waals surface area contributed by atoms with E-state index in [0.717, 1.165) is 19.6 Å². The minimum Gasteiger partial charge on any atom is -0.346 e. The Morgan fingerprint density at radius 1 is 1.62 bits per heavy atom. The van der Waals surface area contributed by atoms with Gasteiger partial charge in [0.15, 0.2) is 0 Å². The summed E-state index contributed by atoms with van der Waals surface area (Å²) in [6, 6.07) is 0. The number of hydrogen-bond donors (Lipinski definition) is 1. The molecule has 0 aromatic heterocycles. The Morgan fingerprint density at radius 2 is 2.31 bits per heavy atom. The maximum atomic E-state index is 10.9. The number of halogens is 1. The van der Waals surface area contributed by atoms with E-state index in [4.69, 9.17) is 0 Å². The number of hydrogen-bond acceptors (Lipinski definition) is 2. The molecule has 1 N–H and O–H groups in total. The van der Waals surface area contributed by atoms with E-state index < -0.39 is 0 Å². The van der Waals surface area contributed by atoms with Gasteiger partial charge < -0.3 is 10.2 Å². The summed E-state index contributed by atoms with van der Waals surface area (Å²) in [6.45, 7) is 4.73. The molecule has 78 valence electrons. The Morgan fingerprint density at radius 3 is 2.77 bits per heavy atom. The van der Waals surface area contributed by atoms with E-state index in [-0.39, 0.29) is 18.3 Å². The quantitative estimate of drug-likeness (QED) is 0.728. The summed E-state index contributed by atoms with van der Waals surface area (Å²) in [4.78, 5) is 12.7. The van der Waals surface area contributed by atoms with Gasteiger partial charge in [-0.3, -0.25) is 4.79 Å². The van der Waals surface area contributed by atoms with E-state index in [0.29, 0.717) is 5.92 Å². The lowest BCUT2D eigenvalue weighted by Gasteiger charge is -2.26. The average molecular weight is 207 g/mol. The van der Waals surface area contributed by atoms with Gasteiger partial charge >= 0.3 is 0 Å². The fraction of sp³-hybridized carbons (Fsp3) is 0.889. The zero-order chi connectivity index (χ0) is 8.97. The van der Waals surface area contributed by atoms with Crippen LogP contribution in [0.4, 0.5) is 0 Å². The molecule has 4 heteroatoms. The van der Waals surface area contributed by atoms with E-state index in [1.165, 1.54) is 12.8 Å². The number of carbonyl (C=O) groups is 1. The Labute approximate surface area is 86.3 Å². The normalized spacial score (nSPS) is 21.8. The first kappa shape index (κ1) is 12.7. The van der Waals surface area contributed by atoms with Crippen molar-refractivity contribution in [2.24, 2.45) is 5.92 Å². The summed E-state index contributed by atoms with van der Waals surface area (Å²) in [5.74, 6) is 0.827. The maximum Gasteiger partial charge on any atom is 0.219 e. The molecule has 0 radical (unpaired) electrons.